The van der Waals surface area contributed by atoms with Crippen molar-refractivity contribution in [3.05, 3.63) is 0 Å². The van der Waals surface area contributed by atoms with Crippen LogP contribution >= 0.6 is 0 Å². The molecule has 0 aromatic carbocycles. The van der Waals surface area contributed by atoms with Crippen LogP contribution in [0, 0.1) is 0 Å². The van der Waals surface area contributed by atoms with Gasteiger partial charge in [0.15, 0.2) is 5.54 Å². The minimum atomic E-state index is -1.47. The molecule has 6 nitrogen and oxygen atoms in total. The second-order valence-corrected chi connectivity index (χ2v) is 2.43. The third-order valence-corrected chi connectivity index (χ3v) is 1.56. The fourth-order valence-electron chi connectivity index (χ4n) is 0.879. The van der Waals surface area contributed by atoms with Crippen LogP contribution in [0.3, 0.4) is 0 Å². The van der Waals surface area contributed by atoms with E-state index in [9.17, 15) is 9.59 Å². The van der Waals surface area contributed by atoms with Crippen molar-refractivity contribution >= 4 is 12.4 Å². The van der Waals surface area contributed by atoms with E-state index in [1.807, 2.05) is 5.32 Å². The molecule has 0 unspecified atom stereocenters. The summed E-state index contributed by atoms with van der Waals surface area (Å²) >= 11 is 0. The first-order valence-electron chi connectivity index (χ1n) is 3.24. The first kappa shape index (κ1) is 8.95. The van der Waals surface area contributed by atoms with E-state index in [2.05, 4.69) is 0 Å². The maximum atomic E-state index is 10.7. The zero-order chi connectivity index (χ0) is 9.03. The number of hydrogen-bond acceptors (Lipinski definition) is 4. The first-order chi connectivity index (χ1) is 5.71. The molecule has 0 saturated carbocycles. The molecular formula is C6H8NO5. The molecule has 0 spiro atoms. The summed E-state index contributed by atoms with van der Waals surface area (Å²) in [6.07, 6.45) is 1.32. The van der Waals surface area contributed by atoms with Crippen molar-refractivity contribution in [2.75, 3.05) is 20.0 Å². The predicted molar refractivity (Wildman–Crippen MR) is 36.0 cm³/mol. The van der Waals surface area contributed by atoms with E-state index >= 15 is 0 Å². The van der Waals surface area contributed by atoms with Crippen LogP contribution in [0.15, 0.2) is 0 Å². The van der Waals surface area contributed by atoms with Gasteiger partial charge in [-0.3, -0.25) is 4.79 Å². The summed E-state index contributed by atoms with van der Waals surface area (Å²) in [4.78, 5) is 20.6. The summed E-state index contributed by atoms with van der Waals surface area (Å²) in [5.41, 5.74) is -1.47. The Morgan fingerprint density at radius 2 is 2.08 bits per heavy atom. The zero-order valence-electron chi connectivity index (χ0n) is 6.20. The Morgan fingerprint density at radius 3 is 2.50 bits per heavy atom. The van der Waals surface area contributed by atoms with Crippen molar-refractivity contribution in [1.82, 2.24) is 5.32 Å². The molecule has 0 atom stereocenters. The summed E-state index contributed by atoms with van der Waals surface area (Å²) in [6, 6.07) is 0. The van der Waals surface area contributed by atoms with Crippen molar-refractivity contribution < 1.29 is 24.2 Å². The van der Waals surface area contributed by atoms with Crippen LogP contribution in [-0.2, 0) is 19.1 Å². The maximum Gasteiger partial charge on any atom is 0.334 e. The Kier molecular flexibility index (Phi) is 2.61. The lowest BCUT2D eigenvalue weighted by Crippen LogP contribution is -2.60. The van der Waals surface area contributed by atoms with Crippen LogP contribution < -0.4 is 5.32 Å². The third-order valence-electron chi connectivity index (χ3n) is 1.56. The van der Waals surface area contributed by atoms with Crippen LogP contribution in [0.2, 0.25) is 0 Å². The molecule has 2 N–H and O–H groups in total. The monoisotopic (exact) mass is 174 g/mol. The Balaban J connectivity index is 2.69. The van der Waals surface area contributed by atoms with Gasteiger partial charge in [0.1, 0.15) is 6.79 Å². The molecule has 0 aromatic rings. The van der Waals surface area contributed by atoms with Gasteiger partial charge in [0, 0.05) is 0 Å². The van der Waals surface area contributed by atoms with Gasteiger partial charge in [0.25, 0.3) is 0 Å². The average Bonchev–Trinajstić information content (AvgIpc) is 2.06. The molecule has 0 aromatic heterocycles. The van der Waals surface area contributed by atoms with Gasteiger partial charge >= 0.3 is 12.4 Å². The third kappa shape index (κ3) is 1.54. The van der Waals surface area contributed by atoms with Gasteiger partial charge in [0.05, 0.1) is 13.2 Å². The molecule has 1 amide bonds. The molecule has 1 saturated heterocycles. The number of nitrogens with one attached hydrogen (secondary N) is 1. The van der Waals surface area contributed by atoms with Gasteiger partial charge in [-0.2, -0.15) is 0 Å². The van der Waals surface area contributed by atoms with Crippen LogP contribution in [-0.4, -0.2) is 43.0 Å². The maximum absolute atomic E-state index is 10.7. The highest BCUT2D eigenvalue weighted by molar-refractivity contribution is 5.82. The summed E-state index contributed by atoms with van der Waals surface area (Å²) < 4.78 is 9.51. The highest BCUT2D eigenvalue weighted by atomic mass is 16.7. The van der Waals surface area contributed by atoms with Crippen molar-refractivity contribution in [3.63, 3.8) is 0 Å². The molecule has 1 heterocycles. The molecule has 1 rings (SSSR count). The molecule has 0 aliphatic carbocycles. The summed E-state index contributed by atoms with van der Waals surface area (Å²) in [5, 5.41) is 10.8. The lowest BCUT2D eigenvalue weighted by atomic mass is 10.0. The fraction of sp³-hybridized carbons (Fsp3) is 0.667. The van der Waals surface area contributed by atoms with Crippen LogP contribution in [0.1, 0.15) is 0 Å². The summed E-state index contributed by atoms with van der Waals surface area (Å²) in [6.45, 7) is -0.148. The van der Waals surface area contributed by atoms with Gasteiger partial charge in [-0.15, -0.1) is 0 Å². The predicted octanol–water partition coefficient (Wildman–Crippen LogP) is -1.53. The van der Waals surface area contributed by atoms with Crippen molar-refractivity contribution in [3.8, 4) is 0 Å². The number of carbonyl (C=O) groups is 1. The van der Waals surface area contributed by atoms with E-state index in [0.29, 0.717) is 0 Å². The van der Waals surface area contributed by atoms with Crippen LogP contribution in [0.4, 0.5) is 0 Å². The second kappa shape index (κ2) is 3.51. The van der Waals surface area contributed by atoms with E-state index < -0.39 is 11.5 Å². The van der Waals surface area contributed by atoms with E-state index in [1.165, 1.54) is 6.41 Å². The fourth-order valence-corrected chi connectivity index (χ4v) is 0.879. The topological polar surface area (TPSA) is 84.9 Å². The van der Waals surface area contributed by atoms with Gasteiger partial charge in [-0.05, 0) is 0 Å². The lowest BCUT2D eigenvalue weighted by Gasteiger charge is -2.31. The molecule has 0 bridgehead atoms. The Bertz CT molecular complexity index is 186. The van der Waals surface area contributed by atoms with Gasteiger partial charge in [0.2, 0.25) is 0 Å². The molecule has 6 heteroatoms. The standard InChI is InChI=1S/C6H8NO5/c8-3-7-6(5(9)10)1-11-4-12-2-6/h1-2,4H2,(H,7,8)(H,9,10). The second-order valence-electron chi connectivity index (χ2n) is 2.43. The summed E-state index contributed by atoms with van der Waals surface area (Å²) in [7, 11) is 0. The van der Waals surface area contributed by atoms with Crippen molar-refractivity contribution in [2.45, 2.75) is 5.54 Å². The number of carbonyl (C=O) groups excluding carboxylic acids is 1. The largest absolute Gasteiger partial charge is 0.479 e. The highest BCUT2D eigenvalue weighted by Gasteiger charge is 2.41. The highest BCUT2D eigenvalue weighted by Crippen LogP contribution is 2.11. The van der Waals surface area contributed by atoms with Gasteiger partial charge in [-0.25, -0.2) is 4.79 Å². The van der Waals surface area contributed by atoms with Crippen LogP contribution in [0.5, 0.6) is 0 Å². The number of ether oxygens (including phenoxy) is 2. The van der Waals surface area contributed by atoms with Gasteiger partial charge in [-0.1, -0.05) is 0 Å². The van der Waals surface area contributed by atoms with Gasteiger partial charge < -0.3 is 19.9 Å². The number of hydrogen-bond donors (Lipinski definition) is 2. The molecule has 12 heavy (non-hydrogen) atoms. The quantitative estimate of drug-likeness (QED) is 0.507. The number of carboxylic acids is 1. The first-order valence-corrected chi connectivity index (χ1v) is 3.24. The van der Waals surface area contributed by atoms with E-state index in [-0.39, 0.29) is 20.0 Å². The van der Waals surface area contributed by atoms with E-state index in [0.717, 1.165) is 0 Å². The molecule has 1 aliphatic rings. The zero-order valence-corrected chi connectivity index (χ0v) is 6.20. The molecule has 1 radical (unpaired) electrons. The number of carboxylic acid groups (broad SMARTS) is 1. The smallest absolute Gasteiger partial charge is 0.334 e. The lowest BCUT2D eigenvalue weighted by molar-refractivity contribution is -0.174. The number of aliphatic carboxylic acids is 1. The van der Waals surface area contributed by atoms with Crippen molar-refractivity contribution in [1.29, 1.82) is 0 Å². The average molecular weight is 174 g/mol. The number of rotatable bonds is 3. The molecule has 1 aliphatic heterocycles. The number of amides is 1. The van der Waals surface area contributed by atoms with Crippen molar-refractivity contribution in [2.24, 2.45) is 0 Å². The molecule has 1 fully saturated rings. The Morgan fingerprint density at radius 1 is 1.50 bits per heavy atom. The van der Waals surface area contributed by atoms with E-state index in [1.54, 1.807) is 0 Å². The Labute approximate surface area is 68.5 Å². The SMILES string of the molecule is O=[C]NC1(C(=O)O)COCOC1. The molecule has 67 valence electrons. The van der Waals surface area contributed by atoms with Crippen LogP contribution in [0.25, 0.3) is 0 Å². The van der Waals surface area contributed by atoms with E-state index in [4.69, 9.17) is 14.6 Å². The Hall–Kier alpha value is -1.14. The summed E-state index contributed by atoms with van der Waals surface area (Å²) in [5.74, 6) is -1.19. The minimum absolute atomic E-state index is 0.0512. The molecular weight excluding hydrogens is 166 g/mol. The normalized spacial score (nSPS) is 21.3. The minimum Gasteiger partial charge on any atom is -0.479 e.